The maximum Gasteiger partial charge on any atom is 0.316 e. The summed E-state index contributed by atoms with van der Waals surface area (Å²) in [6, 6.07) is 10.2. The number of hydrogen-bond donors (Lipinski definition) is 0. The van der Waals surface area contributed by atoms with Crippen molar-refractivity contribution >= 4 is 40.8 Å². The predicted octanol–water partition coefficient (Wildman–Crippen LogP) is 3.10. The summed E-state index contributed by atoms with van der Waals surface area (Å²) in [5.74, 6) is -1.40. The lowest BCUT2D eigenvalue weighted by atomic mass is 9.81. The molecule has 0 spiro atoms. The third kappa shape index (κ3) is 3.72. The zero-order valence-electron chi connectivity index (χ0n) is 20.6. The van der Waals surface area contributed by atoms with Crippen LogP contribution in [-0.2, 0) is 19.2 Å². The van der Waals surface area contributed by atoms with Crippen LogP contribution in [0.25, 0.3) is 0 Å². The van der Waals surface area contributed by atoms with E-state index < -0.39 is 16.8 Å². The standard InChI is InChI=1S/C27H25N3O8/c1-37-21-12-18(30(35)36)6-9-20(21)28-13-16(11-22(28)31)27(34)38-19-7-4-17(5-8-19)29-25(32)23-14-2-3-15(10-14)24(23)26(29)33/h4-9,12,14-16,23-24H,2-3,10-11,13H2,1H3/t14-,15-,16+,23+,24+/m0/s1. The van der Waals surface area contributed by atoms with Crippen LogP contribution in [0, 0.1) is 39.7 Å². The summed E-state index contributed by atoms with van der Waals surface area (Å²) in [7, 11) is 1.35. The minimum atomic E-state index is -0.751. The van der Waals surface area contributed by atoms with Gasteiger partial charge in [0.15, 0.2) is 0 Å². The summed E-state index contributed by atoms with van der Waals surface area (Å²) in [5.41, 5.74) is 0.617. The van der Waals surface area contributed by atoms with Gasteiger partial charge < -0.3 is 14.4 Å². The zero-order chi connectivity index (χ0) is 26.7. The van der Waals surface area contributed by atoms with Crippen molar-refractivity contribution in [2.24, 2.45) is 29.6 Å². The second-order valence-corrected chi connectivity index (χ2v) is 10.3. The van der Waals surface area contributed by atoms with Crippen molar-refractivity contribution in [3.05, 3.63) is 52.6 Å². The molecule has 11 heteroatoms. The fourth-order valence-electron chi connectivity index (χ4n) is 6.63. The number of methoxy groups -OCH3 is 1. The largest absolute Gasteiger partial charge is 0.494 e. The minimum Gasteiger partial charge on any atom is -0.494 e. The summed E-state index contributed by atoms with van der Waals surface area (Å²) >= 11 is 0. The third-order valence-corrected chi connectivity index (χ3v) is 8.36. The molecular weight excluding hydrogens is 494 g/mol. The van der Waals surface area contributed by atoms with E-state index in [2.05, 4.69) is 0 Å². The molecule has 38 heavy (non-hydrogen) atoms. The van der Waals surface area contributed by atoms with Crippen molar-refractivity contribution in [2.75, 3.05) is 23.5 Å². The number of nitro benzene ring substituents is 1. The molecule has 196 valence electrons. The maximum absolute atomic E-state index is 13.0. The van der Waals surface area contributed by atoms with Crippen LogP contribution < -0.4 is 19.3 Å². The summed E-state index contributed by atoms with van der Waals surface area (Å²) in [6.07, 6.45) is 2.89. The first kappa shape index (κ1) is 24.1. The second kappa shape index (κ2) is 8.93. The lowest BCUT2D eigenvalue weighted by Gasteiger charge is -2.19. The third-order valence-electron chi connectivity index (χ3n) is 8.36. The number of hydrogen-bond acceptors (Lipinski definition) is 8. The highest BCUT2D eigenvalue weighted by molar-refractivity contribution is 6.22. The van der Waals surface area contributed by atoms with Crippen LogP contribution in [0.15, 0.2) is 42.5 Å². The lowest BCUT2D eigenvalue weighted by molar-refractivity contribution is -0.384. The molecule has 4 fully saturated rings. The molecule has 2 aromatic rings. The highest BCUT2D eigenvalue weighted by atomic mass is 16.6. The molecule has 2 aliphatic carbocycles. The monoisotopic (exact) mass is 519 g/mol. The Hall–Kier alpha value is -4.28. The molecule has 2 saturated heterocycles. The molecule has 2 aliphatic heterocycles. The second-order valence-electron chi connectivity index (χ2n) is 10.3. The molecule has 2 bridgehead atoms. The molecule has 0 N–H and O–H groups in total. The summed E-state index contributed by atoms with van der Waals surface area (Å²) in [5, 5.41) is 11.1. The first-order valence-corrected chi connectivity index (χ1v) is 12.6. The van der Waals surface area contributed by atoms with Gasteiger partial charge in [-0.3, -0.25) is 34.2 Å². The number of anilines is 2. The van der Waals surface area contributed by atoms with Gasteiger partial charge in [0.2, 0.25) is 17.7 Å². The molecule has 2 heterocycles. The van der Waals surface area contributed by atoms with Crippen molar-refractivity contribution in [3.8, 4) is 11.5 Å². The number of nitro groups is 1. The number of imide groups is 1. The van der Waals surface area contributed by atoms with Gasteiger partial charge >= 0.3 is 5.97 Å². The molecule has 3 amide bonds. The van der Waals surface area contributed by atoms with E-state index in [9.17, 15) is 29.3 Å². The Morgan fingerprint density at radius 3 is 2.26 bits per heavy atom. The highest BCUT2D eigenvalue weighted by Crippen LogP contribution is 2.56. The van der Waals surface area contributed by atoms with Gasteiger partial charge in [-0.15, -0.1) is 0 Å². The summed E-state index contributed by atoms with van der Waals surface area (Å²) in [6.45, 7) is 0.0335. The van der Waals surface area contributed by atoms with E-state index in [1.807, 2.05) is 0 Å². The van der Waals surface area contributed by atoms with Gasteiger partial charge in [-0.2, -0.15) is 0 Å². The number of non-ortho nitro benzene ring substituents is 1. The normalized spacial score (nSPS) is 27.7. The zero-order valence-corrected chi connectivity index (χ0v) is 20.6. The first-order chi connectivity index (χ1) is 18.3. The average Bonchev–Trinajstić information content (AvgIpc) is 3.68. The van der Waals surface area contributed by atoms with Crippen molar-refractivity contribution in [2.45, 2.75) is 25.7 Å². The van der Waals surface area contributed by atoms with Gasteiger partial charge in [0.05, 0.1) is 47.2 Å². The van der Waals surface area contributed by atoms with Gasteiger partial charge in [0, 0.05) is 19.0 Å². The van der Waals surface area contributed by atoms with Crippen LogP contribution in [0.5, 0.6) is 11.5 Å². The molecule has 6 rings (SSSR count). The number of fused-ring (bicyclic) bond motifs is 5. The Bertz CT molecular complexity index is 1340. The van der Waals surface area contributed by atoms with Crippen LogP contribution in [0.2, 0.25) is 0 Å². The van der Waals surface area contributed by atoms with E-state index >= 15 is 0 Å². The molecule has 2 saturated carbocycles. The fraction of sp³-hybridized carbons (Fsp3) is 0.407. The number of carbonyl (C=O) groups excluding carboxylic acids is 4. The molecular formula is C27H25N3O8. The number of nitrogens with zero attached hydrogens (tertiary/aromatic N) is 3. The van der Waals surface area contributed by atoms with Crippen LogP contribution in [0.1, 0.15) is 25.7 Å². The predicted molar refractivity (Wildman–Crippen MR) is 132 cm³/mol. The van der Waals surface area contributed by atoms with Crippen LogP contribution in [0.4, 0.5) is 17.1 Å². The van der Waals surface area contributed by atoms with E-state index in [0.29, 0.717) is 23.2 Å². The quantitative estimate of drug-likeness (QED) is 0.187. The molecule has 2 aromatic carbocycles. The summed E-state index contributed by atoms with van der Waals surface area (Å²) < 4.78 is 10.7. The Kier molecular flexibility index (Phi) is 5.66. The van der Waals surface area contributed by atoms with E-state index in [-0.39, 0.29) is 59.7 Å². The Morgan fingerprint density at radius 1 is 1.00 bits per heavy atom. The van der Waals surface area contributed by atoms with Gasteiger partial charge in [-0.05, 0) is 61.4 Å². The molecule has 11 nitrogen and oxygen atoms in total. The lowest BCUT2D eigenvalue weighted by Crippen LogP contribution is -2.32. The fourth-order valence-corrected chi connectivity index (χ4v) is 6.63. The van der Waals surface area contributed by atoms with Crippen molar-refractivity contribution in [1.82, 2.24) is 0 Å². The van der Waals surface area contributed by atoms with Crippen LogP contribution >= 0.6 is 0 Å². The van der Waals surface area contributed by atoms with Crippen molar-refractivity contribution < 1.29 is 33.6 Å². The van der Waals surface area contributed by atoms with Crippen molar-refractivity contribution in [3.63, 3.8) is 0 Å². The Balaban J connectivity index is 1.12. The molecule has 0 aromatic heterocycles. The van der Waals surface area contributed by atoms with Crippen LogP contribution in [-0.4, -0.2) is 42.3 Å². The number of benzene rings is 2. The number of rotatable bonds is 6. The van der Waals surface area contributed by atoms with E-state index in [4.69, 9.17) is 9.47 Å². The smallest absolute Gasteiger partial charge is 0.316 e. The molecule has 4 aliphatic rings. The Morgan fingerprint density at radius 2 is 1.66 bits per heavy atom. The first-order valence-electron chi connectivity index (χ1n) is 12.6. The topological polar surface area (TPSA) is 136 Å². The Labute approximate surface area is 217 Å². The molecule has 0 unspecified atom stereocenters. The molecule has 5 atom stereocenters. The number of ether oxygens (including phenoxy) is 2. The maximum atomic E-state index is 13.0. The van der Waals surface area contributed by atoms with Crippen LogP contribution in [0.3, 0.4) is 0 Å². The van der Waals surface area contributed by atoms with Gasteiger partial charge in [-0.25, -0.2) is 0 Å². The van der Waals surface area contributed by atoms with E-state index in [1.54, 1.807) is 12.1 Å². The number of carbonyl (C=O) groups is 4. The van der Waals surface area contributed by atoms with E-state index in [1.165, 1.54) is 47.2 Å². The minimum absolute atomic E-state index is 0.0335. The van der Waals surface area contributed by atoms with Gasteiger partial charge in [-0.1, -0.05) is 0 Å². The average molecular weight is 520 g/mol. The molecule has 0 radical (unpaired) electrons. The number of amides is 3. The highest BCUT2D eigenvalue weighted by Gasteiger charge is 2.61. The summed E-state index contributed by atoms with van der Waals surface area (Å²) in [4.78, 5) is 64.7. The van der Waals surface area contributed by atoms with Crippen molar-refractivity contribution in [1.29, 1.82) is 0 Å². The van der Waals surface area contributed by atoms with E-state index in [0.717, 1.165) is 19.3 Å². The van der Waals surface area contributed by atoms with Gasteiger partial charge in [0.1, 0.15) is 11.5 Å². The van der Waals surface area contributed by atoms with Gasteiger partial charge in [0.25, 0.3) is 5.69 Å². The SMILES string of the molecule is COc1cc([N+](=O)[O-])ccc1N1C[C@H](C(=O)Oc2ccc(N3C(=O)[C@@H]4[C@H]5CC[C@@H](C5)[C@H]4C3=O)cc2)CC1=O. The number of esters is 1.